The number of carboxylic acids is 1. The van der Waals surface area contributed by atoms with Crippen molar-refractivity contribution >= 4 is 21.9 Å². The number of amides is 1. The van der Waals surface area contributed by atoms with Gasteiger partial charge in [0.1, 0.15) is 6.04 Å². The molecule has 0 saturated heterocycles. The van der Waals surface area contributed by atoms with Crippen LogP contribution in [-0.2, 0) is 26.0 Å². The van der Waals surface area contributed by atoms with E-state index in [9.17, 15) is 18.0 Å². The van der Waals surface area contributed by atoms with Crippen molar-refractivity contribution in [1.29, 1.82) is 0 Å². The highest BCUT2D eigenvalue weighted by Crippen LogP contribution is 2.02. The summed E-state index contributed by atoms with van der Waals surface area (Å²) in [6.07, 6.45) is 2.68. The number of rotatable bonds is 8. The van der Waals surface area contributed by atoms with Crippen LogP contribution in [0.25, 0.3) is 0 Å². The van der Waals surface area contributed by atoms with Crippen molar-refractivity contribution in [3.63, 3.8) is 0 Å². The van der Waals surface area contributed by atoms with Gasteiger partial charge in [0.25, 0.3) is 0 Å². The lowest BCUT2D eigenvalue weighted by Gasteiger charge is -2.13. The zero-order valence-corrected chi connectivity index (χ0v) is 11.3. The number of primary amides is 1. The molecule has 1 amide bonds. The molecule has 1 heterocycles. The summed E-state index contributed by atoms with van der Waals surface area (Å²) in [5.41, 5.74) is 5.63. The average molecular weight is 301 g/mol. The lowest BCUT2D eigenvalue weighted by atomic mass is 10.2. The number of pyridine rings is 1. The van der Waals surface area contributed by atoms with E-state index in [1.54, 1.807) is 12.1 Å². The van der Waals surface area contributed by atoms with Gasteiger partial charge < -0.3 is 10.8 Å². The van der Waals surface area contributed by atoms with Gasteiger partial charge in [-0.1, -0.05) is 0 Å². The van der Waals surface area contributed by atoms with Gasteiger partial charge in [-0.25, -0.2) is 13.1 Å². The summed E-state index contributed by atoms with van der Waals surface area (Å²) in [5, 5.41) is 8.83. The third-order valence-corrected chi connectivity index (χ3v) is 3.82. The number of nitrogens with two attached hydrogens (primary N) is 1. The minimum absolute atomic E-state index is 0.209. The minimum atomic E-state index is -3.83. The van der Waals surface area contributed by atoms with E-state index >= 15 is 0 Å². The topological polar surface area (TPSA) is 139 Å². The highest BCUT2D eigenvalue weighted by atomic mass is 32.2. The number of nitrogens with one attached hydrogen (secondary N) is 1. The largest absolute Gasteiger partial charge is 0.480 e. The molecule has 0 aromatic carbocycles. The molecule has 0 aliphatic rings. The molecule has 0 aliphatic carbocycles. The molecule has 1 unspecified atom stereocenters. The highest BCUT2D eigenvalue weighted by Gasteiger charge is 2.25. The quantitative estimate of drug-likeness (QED) is 0.555. The number of hydrogen-bond donors (Lipinski definition) is 3. The molecule has 0 spiro atoms. The number of aryl methyl sites for hydroxylation is 1. The fourth-order valence-electron chi connectivity index (χ4n) is 1.46. The van der Waals surface area contributed by atoms with Crippen molar-refractivity contribution in [1.82, 2.24) is 9.71 Å². The molecule has 0 bridgehead atoms. The number of sulfonamides is 1. The van der Waals surface area contributed by atoms with Crippen LogP contribution in [0.5, 0.6) is 0 Å². The Morgan fingerprint density at radius 1 is 1.35 bits per heavy atom. The maximum absolute atomic E-state index is 11.8. The van der Waals surface area contributed by atoms with E-state index in [1.807, 2.05) is 4.72 Å². The van der Waals surface area contributed by atoms with Gasteiger partial charge in [-0.15, -0.1) is 0 Å². The van der Waals surface area contributed by atoms with Crippen molar-refractivity contribution in [3.8, 4) is 0 Å². The predicted octanol–water partition coefficient (Wildman–Crippen LogP) is -1.13. The Morgan fingerprint density at radius 2 is 1.95 bits per heavy atom. The van der Waals surface area contributed by atoms with Crippen LogP contribution in [0.4, 0.5) is 0 Å². The lowest BCUT2D eigenvalue weighted by Crippen LogP contribution is -2.44. The molecule has 110 valence electrons. The number of aliphatic carboxylic acids is 1. The van der Waals surface area contributed by atoms with Gasteiger partial charge >= 0.3 is 5.97 Å². The Kier molecular flexibility index (Phi) is 5.59. The number of nitrogens with zero attached hydrogens (tertiary/aromatic N) is 1. The van der Waals surface area contributed by atoms with E-state index < -0.39 is 34.4 Å². The summed E-state index contributed by atoms with van der Waals surface area (Å²) in [6.45, 7) is 0. The second-order valence-corrected chi connectivity index (χ2v) is 5.98. The summed E-state index contributed by atoms with van der Waals surface area (Å²) in [4.78, 5) is 25.3. The smallest absolute Gasteiger partial charge is 0.322 e. The van der Waals surface area contributed by atoms with Gasteiger partial charge in [-0.2, -0.15) is 0 Å². The summed E-state index contributed by atoms with van der Waals surface area (Å²) in [6, 6.07) is 1.77. The standard InChI is InChI=1S/C11H15N3O5S/c12-10(15)7-9(11(16)17)14-20(18,19)6-3-8-1-4-13-5-2-8/h1-2,4-5,9,14H,3,6-7H2,(H2,12,15)(H,16,17). The highest BCUT2D eigenvalue weighted by molar-refractivity contribution is 7.89. The van der Waals surface area contributed by atoms with Crippen molar-refractivity contribution in [2.24, 2.45) is 5.73 Å². The van der Waals surface area contributed by atoms with E-state index in [2.05, 4.69) is 4.98 Å². The number of carboxylic acid groups (broad SMARTS) is 1. The van der Waals surface area contributed by atoms with Crippen molar-refractivity contribution in [2.75, 3.05) is 5.75 Å². The third-order valence-electron chi connectivity index (χ3n) is 2.43. The van der Waals surface area contributed by atoms with Crippen LogP contribution in [0.3, 0.4) is 0 Å². The zero-order valence-electron chi connectivity index (χ0n) is 10.5. The number of aromatic nitrogens is 1. The van der Waals surface area contributed by atoms with Crippen LogP contribution < -0.4 is 10.5 Å². The van der Waals surface area contributed by atoms with E-state index in [0.29, 0.717) is 0 Å². The molecule has 0 saturated carbocycles. The van der Waals surface area contributed by atoms with Gasteiger partial charge in [0, 0.05) is 12.4 Å². The fourth-order valence-corrected chi connectivity index (χ4v) is 2.70. The molecule has 1 atom stereocenters. The lowest BCUT2D eigenvalue weighted by molar-refractivity contribution is -0.140. The predicted molar refractivity (Wildman–Crippen MR) is 70.1 cm³/mol. The molecule has 9 heteroatoms. The molecule has 0 aliphatic heterocycles. The maximum Gasteiger partial charge on any atom is 0.322 e. The summed E-state index contributed by atoms with van der Waals surface area (Å²) >= 11 is 0. The fraction of sp³-hybridized carbons (Fsp3) is 0.364. The van der Waals surface area contributed by atoms with Crippen molar-refractivity contribution in [2.45, 2.75) is 18.9 Å². The minimum Gasteiger partial charge on any atom is -0.480 e. The molecule has 0 radical (unpaired) electrons. The zero-order chi connectivity index (χ0) is 15.2. The first kappa shape index (κ1) is 16.1. The first-order chi connectivity index (χ1) is 9.30. The van der Waals surface area contributed by atoms with Crippen LogP contribution in [0.2, 0.25) is 0 Å². The number of carbonyl (C=O) groups is 2. The molecule has 1 aromatic heterocycles. The Hall–Kier alpha value is -2.00. The first-order valence-corrected chi connectivity index (χ1v) is 7.35. The summed E-state index contributed by atoms with van der Waals surface area (Å²) in [5.74, 6) is -2.63. The van der Waals surface area contributed by atoms with Crippen molar-refractivity contribution < 1.29 is 23.1 Å². The Balaban J connectivity index is 2.63. The second kappa shape index (κ2) is 6.96. The van der Waals surface area contributed by atoms with E-state index in [0.717, 1.165) is 5.56 Å². The number of hydrogen-bond acceptors (Lipinski definition) is 5. The third kappa shape index (κ3) is 5.76. The molecule has 8 nitrogen and oxygen atoms in total. The molecular formula is C11H15N3O5S. The van der Waals surface area contributed by atoms with E-state index in [-0.39, 0.29) is 12.2 Å². The van der Waals surface area contributed by atoms with Gasteiger partial charge in [0.15, 0.2) is 0 Å². The van der Waals surface area contributed by atoms with Crippen molar-refractivity contribution in [3.05, 3.63) is 30.1 Å². The molecule has 1 aromatic rings. The Morgan fingerprint density at radius 3 is 2.45 bits per heavy atom. The average Bonchev–Trinajstić information content (AvgIpc) is 2.36. The van der Waals surface area contributed by atoms with Crippen LogP contribution in [-0.4, -0.2) is 42.2 Å². The molecule has 4 N–H and O–H groups in total. The monoisotopic (exact) mass is 301 g/mol. The normalized spacial score (nSPS) is 12.8. The van der Waals surface area contributed by atoms with Crippen LogP contribution in [0.1, 0.15) is 12.0 Å². The Bertz CT molecular complexity index is 573. The van der Waals surface area contributed by atoms with Gasteiger partial charge in [0.05, 0.1) is 12.2 Å². The second-order valence-electron chi connectivity index (χ2n) is 4.10. The maximum atomic E-state index is 11.8. The molecule has 20 heavy (non-hydrogen) atoms. The van der Waals surface area contributed by atoms with Gasteiger partial charge in [0.2, 0.25) is 15.9 Å². The first-order valence-electron chi connectivity index (χ1n) is 5.70. The van der Waals surface area contributed by atoms with Crippen LogP contribution in [0.15, 0.2) is 24.5 Å². The summed E-state index contributed by atoms with van der Waals surface area (Å²) < 4.78 is 25.5. The summed E-state index contributed by atoms with van der Waals surface area (Å²) in [7, 11) is -3.83. The molecule has 1 rings (SSSR count). The van der Waals surface area contributed by atoms with Crippen LogP contribution >= 0.6 is 0 Å². The van der Waals surface area contributed by atoms with E-state index in [1.165, 1.54) is 12.4 Å². The van der Waals surface area contributed by atoms with E-state index in [4.69, 9.17) is 10.8 Å². The van der Waals surface area contributed by atoms with Gasteiger partial charge in [-0.05, 0) is 24.1 Å². The molecule has 0 fully saturated rings. The molecular weight excluding hydrogens is 286 g/mol. The van der Waals surface area contributed by atoms with Gasteiger partial charge in [-0.3, -0.25) is 14.6 Å². The van der Waals surface area contributed by atoms with Crippen LogP contribution in [0, 0.1) is 0 Å². The Labute approximate surface area is 116 Å². The SMILES string of the molecule is NC(=O)CC(NS(=O)(=O)CCc1ccncc1)C(=O)O. The number of carbonyl (C=O) groups excluding carboxylic acids is 1.